The fourth-order valence-electron chi connectivity index (χ4n) is 3.59. The Bertz CT molecular complexity index is 844. The molecule has 150 valence electrons. The van der Waals surface area contributed by atoms with Crippen LogP contribution in [0.15, 0.2) is 24.3 Å². The number of benzene rings is 1. The molecule has 2 aromatic rings. The minimum Gasteiger partial charge on any atom is -0.356 e. The maximum atomic E-state index is 13.6. The van der Waals surface area contributed by atoms with Crippen molar-refractivity contribution >= 4 is 23.2 Å². The van der Waals surface area contributed by atoms with Crippen LogP contribution in [0.4, 0.5) is 4.39 Å². The summed E-state index contributed by atoms with van der Waals surface area (Å²) < 4.78 is 13.6. The Labute approximate surface area is 169 Å². The number of nitrogens with zero attached hydrogens (tertiary/aromatic N) is 2. The molecule has 0 saturated carbocycles. The molecular formula is C21H26FN3O2S. The Hall–Kier alpha value is -2.28. The maximum absolute atomic E-state index is 13.6. The van der Waals surface area contributed by atoms with Gasteiger partial charge in [-0.2, -0.15) is 0 Å². The monoisotopic (exact) mass is 403 g/mol. The van der Waals surface area contributed by atoms with Gasteiger partial charge in [0.1, 0.15) is 10.7 Å². The van der Waals surface area contributed by atoms with Crippen LogP contribution in [-0.2, 0) is 11.2 Å². The number of carbonyl (C=O) groups is 2. The molecule has 1 N–H and O–H groups in total. The van der Waals surface area contributed by atoms with Gasteiger partial charge < -0.3 is 10.2 Å². The van der Waals surface area contributed by atoms with Gasteiger partial charge in [0, 0.05) is 26.1 Å². The number of aromatic nitrogens is 1. The van der Waals surface area contributed by atoms with Crippen LogP contribution in [0.2, 0.25) is 0 Å². The minimum atomic E-state index is -0.236. The molecule has 0 spiro atoms. The van der Waals surface area contributed by atoms with Gasteiger partial charge >= 0.3 is 0 Å². The molecule has 1 aromatic carbocycles. The number of thiazole rings is 1. The summed E-state index contributed by atoms with van der Waals surface area (Å²) in [6.07, 6.45) is 2.59. The first-order valence-corrected chi connectivity index (χ1v) is 10.5. The van der Waals surface area contributed by atoms with Crippen LogP contribution in [0.25, 0.3) is 0 Å². The third kappa shape index (κ3) is 5.16. The number of amides is 2. The van der Waals surface area contributed by atoms with Crippen molar-refractivity contribution < 1.29 is 14.0 Å². The summed E-state index contributed by atoms with van der Waals surface area (Å²) in [6, 6.07) is 6.62. The van der Waals surface area contributed by atoms with Gasteiger partial charge in [0.15, 0.2) is 0 Å². The van der Waals surface area contributed by atoms with Gasteiger partial charge in [-0.1, -0.05) is 18.2 Å². The first kappa shape index (κ1) is 20.5. The molecular weight excluding hydrogens is 377 g/mol. The summed E-state index contributed by atoms with van der Waals surface area (Å²) in [4.78, 5) is 31.8. The number of aryl methyl sites for hydroxylation is 2. The van der Waals surface area contributed by atoms with Crippen LogP contribution >= 0.6 is 11.3 Å². The van der Waals surface area contributed by atoms with Crippen molar-refractivity contribution in [2.45, 2.75) is 39.5 Å². The lowest BCUT2D eigenvalue weighted by molar-refractivity contribution is -0.122. The Morgan fingerprint density at radius 3 is 2.61 bits per heavy atom. The molecule has 2 amide bonds. The summed E-state index contributed by atoms with van der Waals surface area (Å²) in [5, 5.41) is 3.79. The van der Waals surface area contributed by atoms with Gasteiger partial charge in [-0.05, 0) is 50.7 Å². The molecule has 0 unspecified atom stereocenters. The first-order chi connectivity index (χ1) is 13.4. The Balaban J connectivity index is 1.40. The third-order valence-electron chi connectivity index (χ3n) is 5.15. The summed E-state index contributed by atoms with van der Waals surface area (Å²) in [5.41, 5.74) is 1.41. The van der Waals surface area contributed by atoms with Crippen LogP contribution < -0.4 is 5.32 Å². The molecule has 1 saturated heterocycles. The average molecular weight is 404 g/mol. The van der Waals surface area contributed by atoms with Gasteiger partial charge in [0.25, 0.3) is 5.91 Å². The molecule has 0 atom stereocenters. The van der Waals surface area contributed by atoms with Gasteiger partial charge in [0.2, 0.25) is 5.91 Å². The lowest BCUT2D eigenvalue weighted by atomic mass is 9.93. The number of rotatable bonds is 6. The van der Waals surface area contributed by atoms with E-state index < -0.39 is 0 Å². The smallest absolute Gasteiger partial charge is 0.265 e. The summed E-state index contributed by atoms with van der Waals surface area (Å²) in [7, 11) is 0. The fraction of sp³-hybridized carbons (Fsp3) is 0.476. The number of carbonyl (C=O) groups excluding carboxylic acids is 2. The number of piperidine rings is 1. The van der Waals surface area contributed by atoms with E-state index in [-0.39, 0.29) is 23.5 Å². The van der Waals surface area contributed by atoms with E-state index >= 15 is 0 Å². The Morgan fingerprint density at radius 1 is 1.25 bits per heavy atom. The summed E-state index contributed by atoms with van der Waals surface area (Å²) in [5.74, 6) is 0.0906. The molecule has 1 aromatic heterocycles. The molecule has 0 bridgehead atoms. The highest BCUT2D eigenvalue weighted by molar-refractivity contribution is 7.13. The number of hydrogen-bond acceptors (Lipinski definition) is 4. The largest absolute Gasteiger partial charge is 0.356 e. The van der Waals surface area contributed by atoms with E-state index in [9.17, 15) is 14.0 Å². The van der Waals surface area contributed by atoms with E-state index in [4.69, 9.17) is 0 Å². The van der Waals surface area contributed by atoms with Gasteiger partial charge in [0.05, 0.1) is 10.7 Å². The quantitative estimate of drug-likeness (QED) is 0.803. The molecule has 1 aliphatic heterocycles. The van der Waals surface area contributed by atoms with Crippen molar-refractivity contribution in [1.82, 2.24) is 15.2 Å². The molecule has 28 heavy (non-hydrogen) atoms. The fourth-order valence-corrected chi connectivity index (χ4v) is 4.47. The number of hydrogen-bond donors (Lipinski definition) is 1. The van der Waals surface area contributed by atoms with Gasteiger partial charge in [-0.3, -0.25) is 9.59 Å². The topological polar surface area (TPSA) is 62.3 Å². The maximum Gasteiger partial charge on any atom is 0.265 e. The van der Waals surface area contributed by atoms with Crippen molar-refractivity contribution in [1.29, 1.82) is 0 Å². The molecule has 7 heteroatoms. The van der Waals surface area contributed by atoms with Crippen LogP contribution in [0.1, 0.15) is 45.2 Å². The second-order valence-corrected chi connectivity index (χ2v) is 8.48. The van der Waals surface area contributed by atoms with Crippen molar-refractivity contribution in [2.24, 2.45) is 5.92 Å². The standard InChI is InChI=1S/C21H26FN3O2S/c1-14-20(28-15(2)24-14)21(27)25-11-8-16(9-12-25)13-19(26)23-10-7-17-5-3-4-6-18(17)22/h3-6,16H,7-13H2,1-2H3,(H,23,26). The Kier molecular flexibility index (Phi) is 6.78. The van der Waals surface area contributed by atoms with E-state index in [0.29, 0.717) is 38.0 Å². The zero-order valence-electron chi connectivity index (χ0n) is 16.3. The molecule has 5 nitrogen and oxygen atoms in total. The number of halogens is 1. The molecule has 1 aliphatic rings. The van der Waals surface area contributed by atoms with Crippen molar-refractivity contribution in [3.05, 3.63) is 51.2 Å². The highest BCUT2D eigenvalue weighted by Crippen LogP contribution is 2.25. The van der Waals surface area contributed by atoms with E-state index in [0.717, 1.165) is 28.4 Å². The number of nitrogens with one attached hydrogen (secondary N) is 1. The molecule has 0 aliphatic carbocycles. The predicted molar refractivity (Wildman–Crippen MR) is 108 cm³/mol. The van der Waals surface area contributed by atoms with Gasteiger partial charge in [-0.15, -0.1) is 11.3 Å². The van der Waals surface area contributed by atoms with E-state index in [2.05, 4.69) is 10.3 Å². The Morgan fingerprint density at radius 2 is 1.96 bits per heavy atom. The van der Waals surface area contributed by atoms with Crippen LogP contribution in [0.3, 0.4) is 0 Å². The van der Waals surface area contributed by atoms with Crippen LogP contribution in [0.5, 0.6) is 0 Å². The van der Waals surface area contributed by atoms with E-state index in [1.54, 1.807) is 18.2 Å². The lowest BCUT2D eigenvalue weighted by Gasteiger charge is -2.31. The third-order valence-corrected chi connectivity index (χ3v) is 6.21. The highest BCUT2D eigenvalue weighted by Gasteiger charge is 2.27. The molecule has 0 radical (unpaired) electrons. The average Bonchev–Trinajstić information content (AvgIpc) is 3.01. The minimum absolute atomic E-state index is 0.00459. The molecule has 2 heterocycles. The van der Waals surface area contributed by atoms with E-state index in [1.165, 1.54) is 17.4 Å². The van der Waals surface area contributed by atoms with Crippen LogP contribution in [0, 0.1) is 25.6 Å². The van der Waals surface area contributed by atoms with E-state index in [1.807, 2.05) is 18.7 Å². The molecule has 3 rings (SSSR count). The zero-order chi connectivity index (χ0) is 20.1. The van der Waals surface area contributed by atoms with Crippen molar-refractivity contribution in [3.63, 3.8) is 0 Å². The highest BCUT2D eigenvalue weighted by atomic mass is 32.1. The summed E-state index contributed by atoms with van der Waals surface area (Å²) >= 11 is 1.44. The normalized spacial score (nSPS) is 14.9. The first-order valence-electron chi connectivity index (χ1n) is 9.67. The van der Waals surface area contributed by atoms with Crippen molar-refractivity contribution in [3.8, 4) is 0 Å². The number of likely N-dealkylation sites (tertiary alicyclic amines) is 1. The predicted octanol–water partition coefficient (Wildman–Crippen LogP) is 3.50. The second kappa shape index (κ2) is 9.28. The summed E-state index contributed by atoms with van der Waals surface area (Å²) in [6.45, 7) is 5.55. The van der Waals surface area contributed by atoms with Gasteiger partial charge in [-0.25, -0.2) is 9.37 Å². The SMILES string of the molecule is Cc1nc(C)c(C(=O)N2CCC(CC(=O)NCCc3ccccc3F)CC2)s1. The zero-order valence-corrected chi connectivity index (χ0v) is 17.2. The molecule has 1 fully saturated rings. The second-order valence-electron chi connectivity index (χ2n) is 7.28. The van der Waals surface area contributed by atoms with Crippen molar-refractivity contribution in [2.75, 3.05) is 19.6 Å². The van der Waals surface area contributed by atoms with Crippen LogP contribution in [-0.4, -0.2) is 41.3 Å². The lowest BCUT2D eigenvalue weighted by Crippen LogP contribution is -2.39.